The zero-order valence-corrected chi connectivity index (χ0v) is 13.2. The van der Waals surface area contributed by atoms with Crippen molar-refractivity contribution in [1.82, 2.24) is 5.32 Å². The Hall–Kier alpha value is -2.69. The molecule has 1 unspecified atom stereocenters. The number of hydrogen-bond donors (Lipinski definition) is 2. The second-order valence-electron chi connectivity index (χ2n) is 5.95. The van der Waals surface area contributed by atoms with Gasteiger partial charge in [-0.05, 0) is 30.5 Å². The molecule has 4 nitrogen and oxygen atoms in total. The minimum atomic E-state index is -0.332. The number of halogens is 1. The first-order valence-electron chi connectivity index (χ1n) is 8.02. The van der Waals surface area contributed by atoms with Crippen LogP contribution in [0.2, 0.25) is 0 Å². The van der Waals surface area contributed by atoms with Gasteiger partial charge in [0.15, 0.2) is 0 Å². The summed E-state index contributed by atoms with van der Waals surface area (Å²) in [4.78, 5) is 24.1. The predicted molar refractivity (Wildman–Crippen MR) is 89.7 cm³/mol. The van der Waals surface area contributed by atoms with Crippen LogP contribution in [-0.4, -0.2) is 11.8 Å². The van der Waals surface area contributed by atoms with Crippen LogP contribution in [0.1, 0.15) is 24.0 Å². The van der Waals surface area contributed by atoms with Gasteiger partial charge in [0.2, 0.25) is 11.8 Å². The van der Waals surface area contributed by atoms with Crippen LogP contribution in [0.15, 0.2) is 48.5 Å². The molecule has 1 heterocycles. The number of anilines is 1. The van der Waals surface area contributed by atoms with Crippen LogP contribution >= 0.6 is 0 Å². The Kier molecular flexibility index (Phi) is 4.89. The van der Waals surface area contributed by atoms with Crippen molar-refractivity contribution in [1.29, 1.82) is 0 Å². The zero-order valence-electron chi connectivity index (χ0n) is 13.2. The zero-order chi connectivity index (χ0) is 16.9. The fraction of sp³-hybridized carbons (Fsp3) is 0.263. The Morgan fingerprint density at radius 3 is 2.75 bits per heavy atom. The molecule has 0 saturated heterocycles. The van der Waals surface area contributed by atoms with E-state index in [4.69, 9.17) is 0 Å². The average Bonchev–Trinajstić information content (AvgIpc) is 2.59. The molecule has 0 radical (unpaired) electrons. The summed E-state index contributed by atoms with van der Waals surface area (Å²) in [6, 6.07) is 14.0. The minimum Gasteiger partial charge on any atom is -0.352 e. The highest BCUT2D eigenvalue weighted by atomic mass is 19.1. The first-order valence-corrected chi connectivity index (χ1v) is 8.02. The van der Waals surface area contributed by atoms with Crippen molar-refractivity contribution in [3.05, 3.63) is 65.5 Å². The van der Waals surface area contributed by atoms with Crippen LogP contribution in [0.3, 0.4) is 0 Å². The molecular formula is C19H19FN2O2. The molecule has 0 spiro atoms. The van der Waals surface area contributed by atoms with E-state index in [1.54, 1.807) is 18.2 Å². The smallest absolute Gasteiger partial charge is 0.227 e. The largest absolute Gasteiger partial charge is 0.352 e. The van der Waals surface area contributed by atoms with E-state index in [1.807, 2.05) is 24.3 Å². The summed E-state index contributed by atoms with van der Waals surface area (Å²) in [7, 11) is 0. The maximum atomic E-state index is 13.5. The lowest BCUT2D eigenvalue weighted by Gasteiger charge is -2.24. The van der Waals surface area contributed by atoms with Gasteiger partial charge in [-0.15, -0.1) is 0 Å². The first-order chi connectivity index (χ1) is 11.6. The number of fused-ring (bicyclic) bond motifs is 1. The highest BCUT2D eigenvalue weighted by Crippen LogP contribution is 2.27. The number of amides is 2. The summed E-state index contributed by atoms with van der Waals surface area (Å²) in [5, 5.41) is 5.58. The van der Waals surface area contributed by atoms with Crippen molar-refractivity contribution in [3.63, 3.8) is 0 Å². The average molecular weight is 326 g/mol. The monoisotopic (exact) mass is 326 g/mol. The lowest BCUT2D eigenvalue weighted by Crippen LogP contribution is -2.31. The molecule has 2 aromatic rings. The van der Waals surface area contributed by atoms with Crippen molar-refractivity contribution < 1.29 is 14.0 Å². The summed E-state index contributed by atoms with van der Waals surface area (Å²) in [6.45, 7) is 0.158. The van der Waals surface area contributed by atoms with Crippen LogP contribution in [0, 0.1) is 11.7 Å². The molecule has 2 aromatic carbocycles. The second kappa shape index (κ2) is 7.25. The summed E-state index contributed by atoms with van der Waals surface area (Å²) in [5.41, 5.74) is 2.40. The number of rotatable bonds is 5. The van der Waals surface area contributed by atoms with Crippen molar-refractivity contribution in [2.45, 2.75) is 25.8 Å². The third-order valence-corrected chi connectivity index (χ3v) is 4.27. The first kappa shape index (κ1) is 16.2. The highest BCUT2D eigenvalue weighted by Gasteiger charge is 2.26. The van der Waals surface area contributed by atoms with Gasteiger partial charge in [-0.2, -0.15) is 0 Å². The molecule has 0 saturated carbocycles. The Balaban J connectivity index is 1.50. The van der Waals surface area contributed by atoms with E-state index in [2.05, 4.69) is 10.6 Å². The molecule has 1 aliphatic heterocycles. The fourth-order valence-electron chi connectivity index (χ4n) is 2.88. The number of carbonyl (C=O) groups excluding carboxylic acids is 2. The fourth-order valence-corrected chi connectivity index (χ4v) is 2.88. The molecule has 0 aromatic heterocycles. The molecule has 1 atom stereocenters. The van der Waals surface area contributed by atoms with Crippen LogP contribution in [0.4, 0.5) is 10.1 Å². The van der Waals surface area contributed by atoms with Gasteiger partial charge in [0, 0.05) is 30.1 Å². The molecule has 2 amide bonds. The molecule has 5 heteroatoms. The quantitative estimate of drug-likeness (QED) is 0.887. The molecule has 3 rings (SSSR count). The van der Waals surface area contributed by atoms with E-state index >= 15 is 0 Å². The highest BCUT2D eigenvalue weighted by molar-refractivity contribution is 5.96. The maximum Gasteiger partial charge on any atom is 0.227 e. The van der Waals surface area contributed by atoms with E-state index in [0.717, 1.165) is 11.3 Å². The van der Waals surface area contributed by atoms with E-state index in [1.165, 1.54) is 6.07 Å². The minimum absolute atomic E-state index is 0.0457. The van der Waals surface area contributed by atoms with Gasteiger partial charge >= 0.3 is 0 Å². The number of carbonyl (C=O) groups is 2. The topological polar surface area (TPSA) is 58.2 Å². The van der Waals surface area contributed by atoms with E-state index < -0.39 is 0 Å². The maximum absolute atomic E-state index is 13.5. The number of hydrogen-bond acceptors (Lipinski definition) is 2. The van der Waals surface area contributed by atoms with Crippen LogP contribution in [-0.2, 0) is 22.6 Å². The lowest BCUT2D eigenvalue weighted by molar-refractivity contribution is -0.122. The van der Waals surface area contributed by atoms with Gasteiger partial charge in [-0.1, -0.05) is 36.4 Å². The van der Waals surface area contributed by atoms with Crippen molar-refractivity contribution in [2.75, 3.05) is 5.32 Å². The Morgan fingerprint density at radius 2 is 1.92 bits per heavy atom. The van der Waals surface area contributed by atoms with Crippen LogP contribution < -0.4 is 10.6 Å². The van der Waals surface area contributed by atoms with Crippen molar-refractivity contribution in [3.8, 4) is 0 Å². The molecule has 2 N–H and O–H groups in total. The number of benzene rings is 2. The van der Waals surface area contributed by atoms with Gasteiger partial charge in [0.25, 0.3) is 0 Å². The van der Waals surface area contributed by atoms with Crippen LogP contribution in [0.25, 0.3) is 0 Å². The lowest BCUT2D eigenvalue weighted by atomic mass is 9.89. The Morgan fingerprint density at radius 1 is 1.17 bits per heavy atom. The third kappa shape index (κ3) is 3.79. The summed E-state index contributed by atoms with van der Waals surface area (Å²) in [6.07, 6.45) is 1.36. The van der Waals surface area contributed by atoms with Gasteiger partial charge in [0.05, 0.1) is 0 Å². The van der Waals surface area contributed by atoms with Crippen molar-refractivity contribution >= 4 is 17.5 Å². The van der Waals surface area contributed by atoms with Gasteiger partial charge < -0.3 is 10.6 Å². The standard InChI is InChI=1S/C19H19FN2O2/c20-16-7-3-1-6-15(16)12-21-18(23)10-9-14-11-13-5-2-4-8-17(13)22-19(14)24/h1-8,14H,9-12H2,(H,21,23)(H,22,24). The molecular weight excluding hydrogens is 307 g/mol. The van der Waals surface area contributed by atoms with E-state index in [0.29, 0.717) is 18.4 Å². The van der Waals surface area contributed by atoms with Gasteiger partial charge in [-0.25, -0.2) is 4.39 Å². The predicted octanol–water partition coefficient (Wildman–Crippen LogP) is 3.03. The Bertz CT molecular complexity index is 761. The molecule has 0 bridgehead atoms. The normalized spacial score (nSPS) is 16.2. The molecule has 0 fully saturated rings. The van der Waals surface area contributed by atoms with E-state index in [9.17, 15) is 14.0 Å². The number of para-hydroxylation sites is 1. The summed E-state index contributed by atoms with van der Waals surface area (Å²) in [5.74, 6) is -0.763. The Labute approximate surface area is 140 Å². The molecule has 124 valence electrons. The molecule has 1 aliphatic rings. The van der Waals surface area contributed by atoms with Gasteiger partial charge in [-0.3, -0.25) is 9.59 Å². The second-order valence-corrected chi connectivity index (χ2v) is 5.95. The van der Waals surface area contributed by atoms with Crippen LogP contribution in [0.5, 0.6) is 0 Å². The van der Waals surface area contributed by atoms with Gasteiger partial charge in [0.1, 0.15) is 5.82 Å². The van der Waals surface area contributed by atoms with Crippen molar-refractivity contribution in [2.24, 2.45) is 5.92 Å². The van der Waals surface area contributed by atoms with E-state index in [-0.39, 0.29) is 36.5 Å². The summed E-state index contributed by atoms with van der Waals surface area (Å²) < 4.78 is 13.5. The number of nitrogens with one attached hydrogen (secondary N) is 2. The third-order valence-electron chi connectivity index (χ3n) is 4.27. The SMILES string of the molecule is O=C(CCC1Cc2ccccc2NC1=O)NCc1ccccc1F. The summed E-state index contributed by atoms with van der Waals surface area (Å²) >= 11 is 0. The molecule has 24 heavy (non-hydrogen) atoms. The molecule has 0 aliphatic carbocycles.